The first kappa shape index (κ1) is 17.5. The maximum atomic E-state index is 12.8. The van der Waals surface area contributed by atoms with Gasteiger partial charge in [-0.1, -0.05) is 0 Å². The molecule has 1 aromatic heterocycles. The van der Waals surface area contributed by atoms with E-state index in [1.165, 1.54) is 12.7 Å². The Morgan fingerprint density at radius 2 is 1.41 bits per heavy atom. The molecule has 8 nitrogen and oxygen atoms in total. The van der Waals surface area contributed by atoms with Crippen LogP contribution in [0.2, 0.25) is 0 Å². The lowest BCUT2D eigenvalue weighted by Crippen LogP contribution is -2.54. The van der Waals surface area contributed by atoms with Gasteiger partial charge in [0.2, 0.25) is 0 Å². The molecule has 3 heterocycles. The van der Waals surface area contributed by atoms with Gasteiger partial charge in [0.15, 0.2) is 0 Å². The molecule has 0 bridgehead atoms. The maximum absolute atomic E-state index is 12.8. The fraction of sp³-hybridized carbons (Fsp3) is 0.474. The highest BCUT2D eigenvalue weighted by atomic mass is 16.2. The number of nitrogens with zero attached hydrogens (tertiary/aromatic N) is 6. The van der Waals surface area contributed by atoms with Gasteiger partial charge >= 0.3 is 6.03 Å². The number of carbonyl (C=O) groups excluding carboxylic acids is 2. The summed E-state index contributed by atoms with van der Waals surface area (Å²) in [6, 6.07) is 7.46. The second-order valence-electron chi connectivity index (χ2n) is 7.00. The van der Waals surface area contributed by atoms with Crippen molar-refractivity contribution in [3.8, 4) is 5.69 Å². The van der Waals surface area contributed by atoms with Gasteiger partial charge in [-0.15, -0.1) is 0 Å². The summed E-state index contributed by atoms with van der Waals surface area (Å²) in [7, 11) is 0. The Kier molecular flexibility index (Phi) is 5.04. The predicted octanol–water partition coefficient (Wildman–Crippen LogP) is 1.63. The normalized spacial score (nSPS) is 17.9. The number of hydrogen-bond acceptors (Lipinski definition) is 4. The third kappa shape index (κ3) is 3.79. The summed E-state index contributed by atoms with van der Waals surface area (Å²) >= 11 is 0. The Hall–Kier alpha value is -2.90. The van der Waals surface area contributed by atoms with Gasteiger partial charge in [0.05, 0.1) is 5.69 Å². The number of carbonyl (C=O) groups is 2. The van der Waals surface area contributed by atoms with Crippen LogP contribution in [-0.4, -0.2) is 80.7 Å². The van der Waals surface area contributed by atoms with E-state index >= 15 is 0 Å². The second kappa shape index (κ2) is 7.77. The SMILES string of the molecule is O=C(c1ccc(-n2cncn2)cc1)N1CCN(C(=O)N2CCCCC2)CC1. The Labute approximate surface area is 158 Å². The molecule has 142 valence electrons. The number of hydrogen-bond donors (Lipinski definition) is 0. The van der Waals surface area contributed by atoms with Gasteiger partial charge in [0, 0.05) is 44.8 Å². The quantitative estimate of drug-likeness (QED) is 0.808. The zero-order valence-corrected chi connectivity index (χ0v) is 15.3. The molecule has 0 radical (unpaired) electrons. The molecule has 8 heteroatoms. The van der Waals surface area contributed by atoms with Crippen LogP contribution in [0.1, 0.15) is 29.6 Å². The summed E-state index contributed by atoms with van der Waals surface area (Å²) in [6.07, 6.45) is 6.49. The van der Waals surface area contributed by atoms with E-state index in [-0.39, 0.29) is 11.9 Å². The van der Waals surface area contributed by atoms with Crippen molar-refractivity contribution in [2.45, 2.75) is 19.3 Å². The predicted molar refractivity (Wildman–Crippen MR) is 99.7 cm³/mol. The van der Waals surface area contributed by atoms with Crippen LogP contribution in [0.15, 0.2) is 36.9 Å². The summed E-state index contributed by atoms with van der Waals surface area (Å²) in [4.78, 5) is 34.9. The van der Waals surface area contributed by atoms with Crippen molar-refractivity contribution in [1.29, 1.82) is 0 Å². The Balaban J connectivity index is 1.33. The minimum atomic E-state index is 0.00483. The highest BCUT2D eigenvalue weighted by Gasteiger charge is 2.28. The number of amides is 3. The van der Waals surface area contributed by atoms with Gasteiger partial charge in [0.1, 0.15) is 12.7 Å². The van der Waals surface area contributed by atoms with E-state index in [1.807, 2.05) is 39.0 Å². The first-order chi connectivity index (χ1) is 13.2. The number of rotatable bonds is 2. The Morgan fingerprint density at radius 1 is 0.778 bits per heavy atom. The molecule has 0 atom stereocenters. The monoisotopic (exact) mass is 368 g/mol. The van der Waals surface area contributed by atoms with Gasteiger partial charge in [-0.05, 0) is 43.5 Å². The lowest BCUT2D eigenvalue weighted by molar-refractivity contribution is 0.0633. The first-order valence-electron chi connectivity index (χ1n) is 9.50. The van der Waals surface area contributed by atoms with Gasteiger partial charge in [-0.3, -0.25) is 4.79 Å². The molecular formula is C19H24N6O2. The maximum Gasteiger partial charge on any atom is 0.320 e. The van der Waals surface area contributed by atoms with Crippen LogP contribution in [0.3, 0.4) is 0 Å². The van der Waals surface area contributed by atoms with E-state index in [1.54, 1.807) is 11.0 Å². The van der Waals surface area contributed by atoms with Crippen LogP contribution in [0.4, 0.5) is 4.79 Å². The average Bonchev–Trinajstić information content (AvgIpc) is 3.28. The lowest BCUT2D eigenvalue weighted by Gasteiger charge is -2.38. The van der Waals surface area contributed by atoms with Gasteiger partial charge < -0.3 is 14.7 Å². The minimum Gasteiger partial charge on any atom is -0.335 e. The molecule has 0 spiro atoms. The topological polar surface area (TPSA) is 74.6 Å². The molecule has 0 saturated carbocycles. The van der Waals surface area contributed by atoms with Crippen LogP contribution < -0.4 is 0 Å². The highest BCUT2D eigenvalue weighted by Crippen LogP contribution is 2.15. The van der Waals surface area contributed by atoms with Crippen LogP contribution in [0.5, 0.6) is 0 Å². The van der Waals surface area contributed by atoms with Crippen molar-refractivity contribution in [1.82, 2.24) is 29.5 Å². The van der Waals surface area contributed by atoms with Crippen molar-refractivity contribution in [3.63, 3.8) is 0 Å². The molecule has 0 N–H and O–H groups in total. The lowest BCUT2D eigenvalue weighted by atomic mass is 10.1. The van der Waals surface area contributed by atoms with E-state index < -0.39 is 0 Å². The van der Waals surface area contributed by atoms with Crippen LogP contribution in [0, 0.1) is 0 Å². The van der Waals surface area contributed by atoms with Gasteiger partial charge in [0.25, 0.3) is 5.91 Å². The molecule has 4 rings (SSSR count). The van der Waals surface area contributed by atoms with E-state index in [2.05, 4.69) is 10.1 Å². The van der Waals surface area contributed by atoms with Crippen molar-refractivity contribution in [2.75, 3.05) is 39.3 Å². The minimum absolute atomic E-state index is 0.00483. The second-order valence-corrected chi connectivity index (χ2v) is 7.00. The van der Waals surface area contributed by atoms with Crippen LogP contribution >= 0.6 is 0 Å². The van der Waals surface area contributed by atoms with E-state index in [0.29, 0.717) is 31.7 Å². The average molecular weight is 368 g/mol. The summed E-state index contributed by atoms with van der Waals surface area (Å²) in [5, 5.41) is 4.08. The molecule has 2 aliphatic rings. The van der Waals surface area contributed by atoms with Gasteiger partial charge in [-0.25, -0.2) is 14.5 Å². The van der Waals surface area contributed by atoms with Gasteiger partial charge in [-0.2, -0.15) is 5.10 Å². The molecular weight excluding hydrogens is 344 g/mol. The first-order valence-corrected chi connectivity index (χ1v) is 9.50. The summed E-state index contributed by atoms with van der Waals surface area (Å²) < 4.78 is 1.65. The number of piperidine rings is 1. The summed E-state index contributed by atoms with van der Waals surface area (Å²) in [5.41, 5.74) is 1.51. The van der Waals surface area contributed by atoms with Crippen molar-refractivity contribution in [3.05, 3.63) is 42.5 Å². The molecule has 1 aromatic carbocycles. The molecule has 27 heavy (non-hydrogen) atoms. The molecule has 2 fully saturated rings. The Morgan fingerprint density at radius 3 is 2.04 bits per heavy atom. The van der Waals surface area contributed by atoms with Crippen molar-refractivity contribution < 1.29 is 9.59 Å². The summed E-state index contributed by atoms with van der Waals surface area (Å²) in [5.74, 6) is 0.00483. The zero-order valence-electron chi connectivity index (χ0n) is 15.3. The highest BCUT2D eigenvalue weighted by molar-refractivity contribution is 5.94. The summed E-state index contributed by atoms with van der Waals surface area (Å²) in [6.45, 7) is 4.05. The van der Waals surface area contributed by atoms with Crippen LogP contribution in [-0.2, 0) is 0 Å². The molecule has 2 aliphatic heterocycles. The van der Waals surface area contributed by atoms with E-state index in [4.69, 9.17) is 0 Å². The number of urea groups is 1. The van der Waals surface area contributed by atoms with Crippen molar-refractivity contribution in [2.24, 2.45) is 0 Å². The number of piperazine rings is 1. The molecule has 2 aromatic rings. The fourth-order valence-electron chi connectivity index (χ4n) is 3.67. The largest absolute Gasteiger partial charge is 0.335 e. The third-order valence-corrected chi connectivity index (χ3v) is 5.26. The van der Waals surface area contributed by atoms with Crippen LogP contribution in [0.25, 0.3) is 5.69 Å². The Bertz CT molecular complexity index is 775. The van der Waals surface area contributed by atoms with E-state index in [0.717, 1.165) is 31.6 Å². The molecule has 2 saturated heterocycles. The number of benzene rings is 1. The van der Waals surface area contributed by atoms with Crippen molar-refractivity contribution >= 4 is 11.9 Å². The molecule has 3 amide bonds. The third-order valence-electron chi connectivity index (χ3n) is 5.26. The zero-order chi connectivity index (χ0) is 18.6. The standard InChI is InChI=1S/C19H24N6O2/c26-18(16-4-6-17(7-5-16)25-15-20-14-21-25)22-10-12-24(13-11-22)19(27)23-8-2-1-3-9-23/h4-7,14-15H,1-3,8-13H2. The fourth-order valence-corrected chi connectivity index (χ4v) is 3.67. The van der Waals surface area contributed by atoms with E-state index in [9.17, 15) is 9.59 Å². The molecule has 0 aliphatic carbocycles. The smallest absolute Gasteiger partial charge is 0.320 e. The molecule has 0 unspecified atom stereocenters. The number of aromatic nitrogens is 3. The number of likely N-dealkylation sites (tertiary alicyclic amines) is 1.